The highest BCUT2D eigenvalue weighted by molar-refractivity contribution is 5.94. The first kappa shape index (κ1) is 16.8. The maximum Gasteiger partial charge on any atom is 0.433 e. The van der Waals surface area contributed by atoms with E-state index in [0.717, 1.165) is 5.39 Å². The zero-order valence-electron chi connectivity index (χ0n) is 13.2. The minimum Gasteiger partial charge on any atom is -0.461 e. The summed E-state index contributed by atoms with van der Waals surface area (Å²) in [7, 11) is 0. The minimum atomic E-state index is -4.69. The molecular formula is C17H14F3N3O2. The van der Waals surface area contributed by atoms with Gasteiger partial charge in [-0.05, 0) is 30.5 Å². The average Bonchev–Trinajstić information content (AvgIpc) is 3.01. The molecule has 0 aliphatic heterocycles. The highest BCUT2D eigenvalue weighted by atomic mass is 19.4. The lowest BCUT2D eigenvalue weighted by atomic mass is 10.1. The molecule has 5 nitrogen and oxygen atoms in total. The van der Waals surface area contributed by atoms with Crippen LogP contribution in [0.15, 0.2) is 42.5 Å². The monoisotopic (exact) mass is 349 g/mol. The fourth-order valence-electron chi connectivity index (χ4n) is 2.50. The van der Waals surface area contributed by atoms with Gasteiger partial charge in [0.25, 0.3) is 0 Å². The summed E-state index contributed by atoms with van der Waals surface area (Å²) in [6.45, 7) is 1.60. The highest BCUT2D eigenvalue weighted by Crippen LogP contribution is 2.33. The molecule has 3 aromatic rings. The van der Waals surface area contributed by atoms with Gasteiger partial charge in [-0.1, -0.05) is 18.2 Å². The van der Waals surface area contributed by atoms with Crippen molar-refractivity contribution >= 4 is 22.4 Å². The average molecular weight is 349 g/mol. The van der Waals surface area contributed by atoms with Gasteiger partial charge in [0.05, 0.1) is 12.3 Å². The summed E-state index contributed by atoms with van der Waals surface area (Å²) in [5, 5.41) is 5.17. The number of halogens is 3. The van der Waals surface area contributed by atoms with Crippen LogP contribution in [0.3, 0.4) is 0 Å². The number of carbonyl (C=O) groups is 1. The third-order valence-electron chi connectivity index (χ3n) is 3.63. The number of nitrogen functional groups attached to an aromatic ring is 1. The number of fused-ring (bicyclic) bond motifs is 1. The number of hydrogen-bond acceptors (Lipinski definition) is 4. The molecule has 1 heterocycles. The zero-order valence-corrected chi connectivity index (χ0v) is 13.2. The number of ether oxygens (including phenoxy) is 1. The van der Waals surface area contributed by atoms with E-state index in [9.17, 15) is 18.0 Å². The molecule has 0 fully saturated rings. The lowest BCUT2D eigenvalue weighted by Crippen LogP contribution is -2.13. The number of carbonyl (C=O) groups excluding carboxylic acids is 1. The predicted molar refractivity (Wildman–Crippen MR) is 86.4 cm³/mol. The summed E-state index contributed by atoms with van der Waals surface area (Å²) in [5.74, 6) is -0.910. The first-order chi connectivity index (χ1) is 11.8. The molecule has 2 N–H and O–H groups in total. The van der Waals surface area contributed by atoms with Crippen LogP contribution in [0, 0.1) is 0 Å². The van der Waals surface area contributed by atoms with E-state index in [1.807, 2.05) is 0 Å². The summed E-state index contributed by atoms with van der Waals surface area (Å²) < 4.78 is 45.5. The topological polar surface area (TPSA) is 70.1 Å². The summed E-state index contributed by atoms with van der Waals surface area (Å²) in [6.07, 6.45) is -4.69. The standard InChI is InChI=1S/C17H14F3N3O2/c1-2-25-16(24)14-9-15(17(18,19)20)23(22-14)11-7-6-10-4-3-5-13(21)12(10)8-11/h3-9H,2,21H2,1H3. The second kappa shape index (κ2) is 6.12. The van der Waals surface area contributed by atoms with Gasteiger partial charge in [0, 0.05) is 17.1 Å². The van der Waals surface area contributed by atoms with E-state index < -0.39 is 23.5 Å². The molecule has 130 valence electrons. The Morgan fingerprint density at radius 1 is 1.24 bits per heavy atom. The van der Waals surface area contributed by atoms with E-state index in [1.165, 1.54) is 12.1 Å². The van der Waals surface area contributed by atoms with E-state index >= 15 is 0 Å². The SMILES string of the molecule is CCOC(=O)c1cc(C(F)(F)F)n(-c2ccc3cccc(N)c3c2)n1. The van der Waals surface area contributed by atoms with E-state index in [0.29, 0.717) is 21.8 Å². The van der Waals surface area contributed by atoms with Crippen LogP contribution in [0.4, 0.5) is 18.9 Å². The molecule has 2 aromatic carbocycles. The van der Waals surface area contributed by atoms with Crippen LogP contribution in [-0.2, 0) is 10.9 Å². The third kappa shape index (κ3) is 3.15. The summed E-state index contributed by atoms with van der Waals surface area (Å²) >= 11 is 0. The van der Waals surface area contributed by atoms with Crippen molar-refractivity contribution in [1.82, 2.24) is 9.78 Å². The molecule has 0 unspecified atom stereocenters. The number of esters is 1. The molecule has 0 radical (unpaired) electrons. The summed E-state index contributed by atoms with van der Waals surface area (Å²) in [5.41, 5.74) is 5.00. The van der Waals surface area contributed by atoms with Crippen LogP contribution in [0.5, 0.6) is 0 Å². The minimum absolute atomic E-state index is 0.0412. The molecule has 0 amide bonds. The van der Waals surface area contributed by atoms with E-state index in [1.54, 1.807) is 31.2 Å². The van der Waals surface area contributed by atoms with Crippen molar-refractivity contribution in [2.75, 3.05) is 12.3 Å². The molecule has 0 bridgehead atoms. The fourth-order valence-corrected chi connectivity index (χ4v) is 2.50. The molecule has 25 heavy (non-hydrogen) atoms. The van der Waals surface area contributed by atoms with E-state index in [-0.39, 0.29) is 12.3 Å². The Morgan fingerprint density at radius 2 is 2.00 bits per heavy atom. The number of nitrogens with two attached hydrogens (primary N) is 1. The quantitative estimate of drug-likeness (QED) is 0.577. The first-order valence-corrected chi connectivity index (χ1v) is 7.44. The summed E-state index contributed by atoms with van der Waals surface area (Å²) in [4.78, 5) is 11.7. The van der Waals surface area contributed by atoms with Gasteiger partial charge in [-0.2, -0.15) is 18.3 Å². The Kier molecular flexibility index (Phi) is 4.12. The Balaban J connectivity index is 2.18. The van der Waals surface area contributed by atoms with Crippen LogP contribution in [0.25, 0.3) is 16.5 Å². The zero-order chi connectivity index (χ0) is 18.2. The van der Waals surface area contributed by atoms with Crippen molar-refractivity contribution < 1.29 is 22.7 Å². The van der Waals surface area contributed by atoms with Gasteiger partial charge in [0.2, 0.25) is 0 Å². The Hall–Kier alpha value is -3.03. The molecule has 1 aromatic heterocycles. The number of nitrogens with zero attached hydrogens (tertiary/aromatic N) is 2. The second-order valence-electron chi connectivity index (χ2n) is 5.30. The van der Waals surface area contributed by atoms with Gasteiger partial charge < -0.3 is 10.5 Å². The van der Waals surface area contributed by atoms with Gasteiger partial charge >= 0.3 is 12.1 Å². The van der Waals surface area contributed by atoms with Crippen LogP contribution in [0.2, 0.25) is 0 Å². The van der Waals surface area contributed by atoms with E-state index in [2.05, 4.69) is 5.10 Å². The van der Waals surface area contributed by atoms with Gasteiger partial charge in [0.15, 0.2) is 5.69 Å². The summed E-state index contributed by atoms with van der Waals surface area (Å²) in [6, 6.07) is 10.5. The molecule has 0 aliphatic rings. The van der Waals surface area contributed by atoms with Crippen LogP contribution in [-0.4, -0.2) is 22.4 Å². The number of aromatic nitrogens is 2. The maximum absolute atomic E-state index is 13.4. The van der Waals surface area contributed by atoms with E-state index in [4.69, 9.17) is 10.5 Å². The Bertz CT molecular complexity index is 948. The molecule has 3 rings (SSSR count). The third-order valence-corrected chi connectivity index (χ3v) is 3.63. The maximum atomic E-state index is 13.4. The number of benzene rings is 2. The van der Waals surface area contributed by atoms with Crippen molar-refractivity contribution in [2.45, 2.75) is 13.1 Å². The number of alkyl halides is 3. The van der Waals surface area contributed by atoms with Gasteiger partial charge in [-0.25, -0.2) is 9.48 Å². The molecule has 0 spiro atoms. The fraction of sp³-hybridized carbons (Fsp3) is 0.176. The van der Waals surface area contributed by atoms with Crippen LogP contribution < -0.4 is 5.73 Å². The van der Waals surface area contributed by atoms with Crippen LogP contribution >= 0.6 is 0 Å². The number of rotatable bonds is 3. The van der Waals surface area contributed by atoms with Crippen molar-refractivity contribution in [2.24, 2.45) is 0 Å². The smallest absolute Gasteiger partial charge is 0.433 e. The van der Waals surface area contributed by atoms with Gasteiger partial charge in [0.1, 0.15) is 5.69 Å². The molecule has 0 atom stereocenters. The predicted octanol–water partition coefficient (Wildman–Crippen LogP) is 3.80. The molecular weight excluding hydrogens is 335 g/mol. The normalized spacial score (nSPS) is 11.7. The van der Waals surface area contributed by atoms with Crippen molar-refractivity contribution in [1.29, 1.82) is 0 Å². The highest BCUT2D eigenvalue weighted by Gasteiger charge is 2.37. The largest absolute Gasteiger partial charge is 0.461 e. The molecule has 0 aliphatic carbocycles. The number of anilines is 1. The lowest BCUT2D eigenvalue weighted by molar-refractivity contribution is -0.142. The molecule has 0 saturated heterocycles. The van der Waals surface area contributed by atoms with Gasteiger partial charge in [-0.15, -0.1) is 0 Å². The lowest BCUT2D eigenvalue weighted by Gasteiger charge is -2.11. The first-order valence-electron chi connectivity index (χ1n) is 7.44. The Labute approximate surface area is 140 Å². The Morgan fingerprint density at radius 3 is 2.68 bits per heavy atom. The molecule has 8 heteroatoms. The van der Waals surface area contributed by atoms with Crippen LogP contribution in [0.1, 0.15) is 23.1 Å². The van der Waals surface area contributed by atoms with Crippen molar-refractivity contribution in [3.05, 3.63) is 53.9 Å². The van der Waals surface area contributed by atoms with Gasteiger partial charge in [-0.3, -0.25) is 0 Å². The second-order valence-corrected chi connectivity index (χ2v) is 5.30. The number of hydrogen-bond donors (Lipinski definition) is 1. The molecule has 0 saturated carbocycles. The van der Waals surface area contributed by atoms with Crippen molar-refractivity contribution in [3.8, 4) is 5.69 Å². The van der Waals surface area contributed by atoms with Crippen molar-refractivity contribution in [3.63, 3.8) is 0 Å².